The Morgan fingerprint density at radius 2 is 1.47 bits per heavy atom. The van der Waals surface area contributed by atoms with E-state index in [1.807, 2.05) is 0 Å². The van der Waals surface area contributed by atoms with Gasteiger partial charge in [-0.05, 0) is 86.0 Å². The zero-order chi connectivity index (χ0) is 21.4. The molecule has 0 aromatic heterocycles. The number of carbonyl (C=O) groups is 1. The summed E-state index contributed by atoms with van der Waals surface area (Å²) in [4.78, 5) is 12.9. The van der Waals surface area contributed by atoms with Crippen LogP contribution in [-0.4, -0.2) is 50.0 Å². The van der Waals surface area contributed by atoms with E-state index >= 15 is 0 Å². The summed E-state index contributed by atoms with van der Waals surface area (Å²) >= 11 is 11.5. The molecule has 4 fully saturated rings. The molecule has 4 bridgehead atoms. The standard InChI is InChI=1S/C22H30Cl2N2O3S/c23-5-7-26(8-6-24)30(28,29)20-3-1-19(2-4-20)21(27)25-15-22-12-16-9-17(13-22)11-18(10-16)14-22/h1-4,16-18H,5-15H2,(H,25,27). The second kappa shape index (κ2) is 8.97. The van der Waals surface area contributed by atoms with E-state index in [9.17, 15) is 13.2 Å². The fourth-order valence-corrected chi connectivity index (χ4v) is 8.39. The SMILES string of the molecule is O=C(NCC12CC3CC(CC(C3)C1)C2)c1ccc(S(=O)(=O)N(CCCl)CCCl)cc1. The van der Waals surface area contributed by atoms with E-state index in [0.29, 0.717) is 5.56 Å². The van der Waals surface area contributed by atoms with Crippen molar-refractivity contribution >= 4 is 39.1 Å². The molecular weight excluding hydrogens is 443 g/mol. The molecule has 30 heavy (non-hydrogen) atoms. The Morgan fingerprint density at radius 3 is 1.93 bits per heavy atom. The molecule has 1 aromatic carbocycles. The van der Waals surface area contributed by atoms with Gasteiger partial charge in [0.05, 0.1) is 4.90 Å². The number of rotatable bonds is 9. The van der Waals surface area contributed by atoms with Crippen molar-refractivity contribution in [3.8, 4) is 0 Å². The topological polar surface area (TPSA) is 66.5 Å². The van der Waals surface area contributed by atoms with Gasteiger partial charge in [0.1, 0.15) is 0 Å². The van der Waals surface area contributed by atoms with Gasteiger partial charge in [-0.1, -0.05) is 0 Å². The summed E-state index contributed by atoms with van der Waals surface area (Å²) in [6, 6.07) is 6.15. The van der Waals surface area contributed by atoms with Crippen LogP contribution in [0.5, 0.6) is 0 Å². The van der Waals surface area contributed by atoms with Crippen molar-refractivity contribution in [2.75, 3.05) is 31.4 Å². The van der Waals surface area contributed by atoms with Crippen molar-refractivity contribution in [1.82, 2.24) is 9.62 Å². The number of benzene rings is 1. The van der Waals surface area contributed by atoms with Gasteiger partial charge < -0.3 is 5.32 Å². The fraction of sp³-hybridized carbons (Fsp3) is 0.682. The Hall–Kier alpha value is -0.820. The number of nitrogens with zero attached hydrogens (tertiary/aromatic N) is 1. The molecule has 0 heterocycles. The van der Waals surface area contributed by atoms with Crippen LogP contribution in [0.3, 0.4) is 0 Å². The maximum Gasteiger partial charge on any atom is 0.251 e. The van der Waals surface area contributed by atoms with E-state index in [4.69, 9.17) is 23.2 Å². The molecule has 0 spiro atoms. The van der Waals surface area contributed by atoms with Gasteiger partial charge in [-0.3, -0.25) is 4.79 Å². The zero-order valence-corrected chi connectivity index (χ0v) is 19.5. The van der Waals surface area contributed by atoms with Gasteiger partial charge >= 0.3 is 0 Å². The van der Waals surface area contributed by atoms with E-state index in [1.54, 1.807) is 12.1 Å². The highest BCUT2D eigenvalue weighted by Gasteiger charge is 2.50. The molecule has 8 heteroatoms. The van der Waals surface area contributed by atoms with Crippen molar-refractivity contribution in [3.63, 3.8) is 0 Å². The van der Waals surface area contributed by atoms with Crippen molar-refractivity contribution in [2.45, 2.75) is 43.4 Å². The van der Waals surface area contributed by atoms with Crippen LogP contribution in [0.4, 0.5) is 0 Å². The Morgan fingerprint density at radius 1 is 0.967 bits per heavy atom. The Bertz CT molecular complexity index is 832. The summed E-state index contributed by atoms with van der Waals surface area (Å²) in [5.41, 5.74) is 0.761. The summed E-state index contributed by atoms with van der Waals surface area (Å²) in [7, 11) is -3.68. The van der Waals surface area contributed by atoms with Gasteiger partial charge in [-0.25, -0.2) is 8.42 Å². The van der Waals surface area contributed by atoms with Crippen LogP contribution in [0.25, 0.3) is 0 Å². The van der Waals surface area contributed by atoms with Gasteiger partial charge in [-0.15, -0.1) is 23.2 Å². The lowest BCUT2D eigenvalue weighted by atomic mass is 9.49. The molecule has 0 aliphatic heterocycles. The Kier molecular flexibility index (Phi) is 6.69. The lowest BCUT2D eigenvalue weighted by molar-refractivity contribution is -0.0503. The average Bonchev–Trinajstić information content (AvgIpc) is 2.71. The number of carbonyl (C=O) groups excluding carboxylic acids is 1. The van der Waals surface area contributed by atoms with Crippen LogP contribution in [0, 0.1) is 23.2 Å². The fourth-order valence-electron chi connectivity index (χ4n) is 6.34. The van der Waals surface area contributed by atoms with E-state index in [0.717, 1.165) is 24.3 Å². The third-order valence-electron chi connectivity index (χ3n) is 7.21. The zero-order valence-electron chi connectivity index (χ0n) is 17.2. The third kappa shape index (κ3) is 4.52. The van der Waals surface area contributed by atoms with E-state index in [-0.39, 0.29) is 41.1 Å². The minimum atomic E-state index is -3.68. The highest BCUT2D eigenvalue weighted by atomic mass is 35.5. The van der Waals surface area contributed by atoms with Gasteiger partial charge in [-0.2, -0.15) is 4.31 Å². The lowest BCUT2D eigenvalue weighted by Gasteiger charge is -2.56. The highest BCUT2D eigenvalue weighted by Crippen LogP contribution is 2.59. The normalized spacial score (nSPS) is 30.0. The lowest BCUT2D eigenvalue weighted by Crippen LogP contribution is -2.51. The van der Waals surface area contributed by atoms with Crippen molar-refractivity contribution in [3.05, 3.63) is 29.8 Å². The van der Waals surface area contributed by atoms with Gasteiger partial charge in [0.2, 0.25) is 10.0 Å². The number of alkyl halides is 2. The molecule has 5 nitrogen and oxygen atoms in total. The molecule has 4 saturated carbocycles. The first-order chi connectivity index (χ1) is 14.3. The molecular formula is C22H30Cl2N2O3S. The number of amides is 1. The molecule has 0 unspecified atom stereocenters. The molecule has 0 atom stereocenters. The largest absolute Gasteiger partial charge is 0.351 e. The predicted octanol–water partition coefficient (Wildman–Crippen LogP) is 4.10. The van der Waals surface area contributed by atoms with Crippen LogP contribution in [-0.2, 0) is 10.0 Å². The van der Waals surface area contributed by atoms with Crippen molar-refractivity contribution < 1.29 is 13.2 Å². The van der Waals surface area contributed by atoms with Crippen molar-refractivity contribution in [2.24, 2.45) is 23.2 Å². The second-order valence-electron chi connectivity index (χ2n) is 9.41. The van der Waals surface area contributed by atoms with Gasteiger partial charge in [0.25, 0.3) is 5.91 Å². The van der Waals surface area contributed by atoms with Gasteiger partial charge in [0, 0.05) is 37.0 Å². The minimum Gasteiger partial charge on any atom is -0.351 e. The molecule has 5 rings (SSSR count). The molecule has 1 amide bonds. The molecule has 166 valence electrons. The first kappa shape index (κ1) is 22.4. The first-order valence-corrected chi connectivity index (χ1v) is 13.4. The molecule has 4 aliphatic rings. The average molecular weight is 473 g/mol. The predicted molar refractivity (Wildman–Crippen MR) is 120 cm³/mol. The number of halogens is 2. The van der Waals surface area contributed by atoms with E-state index < -0.39 is 10.0 Å². The van der Waals surface area contributed by atoms with Crippen LogP contribution in [0.1, 0.15) is 48.9 Å². The summed E-state index contributed by atoms with van der Waals surface area (Å²) < 4.78 is 26.8. The summed E-state index contributed by atoms with van der Waals surface area (Å²) in [6.07, 6.45) is 7.88. The molecule has 1 N–H and O–H groups in total. The third-order valence-corrected chi connectivity index (χ3v) is 9.46. The smallest absolute Gasteiger partial charge is 0.251 e. The number of sulfonamides is 1. The van der Waals surface area contributed by atoms with Crippen LogP contribution in [0.15, 0.2) is 29.2 Å². The van der Waals surface area contributed by atoms with Crippen LogP contribution < -0.4 is 5.32 Å². The van der Waals surface area contributed by atoms with E-state index in [2.05, 4.69) is 5.32 Å². The van der Waals surface area contributed by atoms with Crippen LogP contribution in [0.2, 0.25) is 0 Å². The number of nitrogens with one attached hydrogen (secondary N) is 1. The summed E-state index contributed by atoms with van der Waals surface area (Å²) in [5.74, 6) is 2.81. The Labute approximate surface area is 189 Å². The maximum atomic E-state index is 12.8. The minimum absolute atomic E-state index is 0.131. The van der Waals surface area contributed by atoms with E-state index in [1.165, 1.54) is 55.0 Å². The summed E-state index contributed by atoms with van der Waals surface area (Å²) in [6.45, 7) is 1.13. The maximum absolute atomic E-state index is 12.8. The number of hydrogen-bond donors (Lipinski definition) is 1. The molecule has 0 saturated heterocycles. The first-order valence-electron chi connectivity index (χ1n) is 10.9. The quantitative estimate of drug-likeness (QED) is 0.550. The molecule has 0 radical (unpaired) electrons. The second-order valence-corrected chi connectivity index (χ2v) is 12.1. The van der Waals surface area contributed by atoms with Crippen LogP contribution >= 0.6 is 23.2 Å². The van der Waals surface area contributed by atoms with Gasteiger partial charge in [0.15, 0.2) is 0 Å². The Balaban J connectivity index is 1.40. The molecule has 4 aliphatic carbocycles. The van der Waals surface area contributed by atoms with Crippen molar-refractivity contribution in [1.29, 1.82) is 0 Å². The molecule has 1 aromatic rings. The summed E-state index contributed by atoms with van der Waals surface area (Å²) in [5, 5.41) is 3.14. The highest BCUT2D eigenvalue weighted by molar-refractivity contribution is 7.89. The monoisotopic (exact) mass is 472 g/mol. The number of hydrogen-bond acceptors (Lipinski definition) is 3.